The standard InChI is InChI=1S/C25H25F3N4O4/c1-2-12-29-24(35)32-21(15-4-3-5-15)14-20(31-32)19-11-8-17(13-22(19)33)30-23(34)16-6-9-18(10-7-16)36-25(26,27)28/h6-11,13-15,33H,2-5,12H2,1H3,(H,29,35)(H,30,34). The van der Waals surface area contributed by atoms with E-state index in [1.807, 2.05) is 6.92 Å². The summed E-state index contributed by atoms with van der Waals surface area (Å²) in [4.78, 5) is 25.1. The molecule has 4 rings (SSSR count). The Morgan fingerprint density at radius 2 is 1.86 bits per heavy atom. The second-order valence-corrected chi connectivity index (χ2v) is 8.48. The molecule has 0 spiro atoms. The second-order valence-electron chi connectivity index (χ2n) is 8.48. The minimum Gasteiger partial charge on any atom is -0.507 e. The number of phenolic OH excluding ortho intramolecular Hbond substituents is 1. The van der Waals surface area contributed by atoms with Gasteiger partial charge in [0.25, 0.3) is 5.91 Å². The van der Waals surface area contributed by atoms with E-state index < -0.39 is 18.0 Å². The zero-order valence-corrected chi connectivity index (χ0v) is 19.4. The molecule has 1 fully saturated rings. The van der Waals surface area contributed by atoms with Crippen LogP contribution < -0.4 is 15.4 Å². The van der Waals surface area contributed by atoms with E-state index in [4.69, 9.17) is 0 Å². The Hall–Kier alpha value is -4.02. The predicted molar refractivity (Wildman–Crippen MR) is 126 cm³/mol. The van der Waals surface area contributed by atoms with Crippen LogP contribution in [0.5, 0.6) is 11.5 Å². The van der Waals surface area contributed by atoms with Crippen molar-refractivity contribution < 1.29 is 32.6 Å². The van der Waals surface area contributed by atoms with Crippen LogP contribution in [0.2, 0.25) is 0 Å². The lowest BCUT2D eigenvalue weighted by Gasteiger charge is -2.25. The van der Waals surface area contributed by atoms with Gasteiger partial charge >= 0.3 is 12.4 Å². The maximum Gasteiger partial charge on any atom is 0.573 e. The number of amides is 2. The van der Waals surface area contributed by atoms with Crippen LogP contribution in [0.15, 0.2) is 48.5 Å². The molecule has 1 aromatic heterocycles. The average Bonchev–Trinajstić information content (AvgIpc) is 3.20. The summed E-state index contributed by atoms with van der Waals surface area (Å²) < 4.78 is 42.1. The Labute approximate surface area is 205 Å². The number of hydrogen-bond acceptors (Lipinski definition) is 5. The van der Waals surface area contributed by atoms with Gasteiger partial charge in [0.2, 0.25) is 0 Å². The third-order valence-electron chi connectivity index (χ3n) is 5.86. The van der Waals surface area contributed by atoms with Crippen LogP contribution in [0, 0.1) is 0 Å². The van der Waals surface area contributed by atoms with Gasteiger partial charge in [-0.15, -0.1) is 13.2 Å². The molecule has 36 heavy (non-hydrogen) atoms. The molecule has 1 aliphatic carbocycles. The molecular formula is C25H25F3N4O4. The highest BCUT2D eigenvalue weighted by Crippen LogP contribution is 2.39. The molecule has 3 N–H and O–H groups in total. The number of aromatic hydroxyl groups is 1. The van der Waals surface area contributed by atoms with Gasteiger partial charge in [-0.3, -0.25) is 4.79 Å². The smallest absolute Gasteiger partial charge is 0.507 e. The second kappa shape index (κ2) is 10.3. The average molecular weight is 502 g/mol. The number of alkyl halides is 3. The first-order valence-electron chi connectivity index (χ1n) is 11.5. The van der Waals surface area contributed by atoms with E-state index in [1.165, 1.54) is 22.9 Å². The minimum absolute atomic E-state index is 0.107. The summed E-state index contributed by atoms with van der Waals surface area (Å²) >= 11 is 0. The van der Waals surface area contributed by atoms with E-state index in [-0.39, 0.29) is 28.9 Å². The third kappa shape index (κ3) is 5.78. The van der Waals surface area contributed by atoms with E-state index >= 15 is 0 Å². The normalized spacial score (nSPS) is 13.7. The van der Waals surface area contributed by atoms with Crippen LogP contribution in [0.1, 0.15) is 54.6 Å². The van der Waals surface area contributed by atoms with Crippen LogP contribution in [0.3, 0.4) is 0 Å². The van der Waals surface area contributed by atoms with Crippen LogP contribution >= 0.6 is 0 Å². The van der Waals surface area contributed by atoms with Crippen molar-refractivity contribution in [2.24, 2.45) is 0 Å². The van der Waals surface area contributed by atoms with E-state index in [0.717, 1.165) is 43.5 Å². The van der Waals surface area contributed by atoms with E-state index in [0.29, 0.717) is 17.8 Å². The molecule has 0 unspecified atom stereocenters. The number of benzene rings is 2. The highest BCUT2D eigenvalue weighted by Gasteiger charge is 2.31. The van der Waals surface area contributed by atoms with Gasteiger partial charge in [0.05, 0.1) is 11.4 Å². The summed E-state index contributed by atoms with van der Waals surface area (Å²) in [7, 11) is 0. The van der Waals surface area contributed by atoms with Gasteiger partial charge in [-0.1, -0.05) is 13.3 Å². The number of nitrogens with one attached hydrogen (secondary N) is 2. The van der Waals surface area contributed by atoms with Crippen LogP contribution in [-0.4, -0.2) is 39.7 Å². The highest BCUT2D eigenvalue weighted by atomic mass is 19.4. The van der Waals surface area contributed by atoms with Crippen molar-refractivity contribution >= 4 is 17.6 Å². The number of halogens is 3. The Bertz CT molecular complexity index is 1250. The fourth-order valence-electron chi connectivity index (χ4n) is 3.83. The molecule has 1 aliphatic rings. The number of rotatable bonds is 7. The third-order valence-corrected chi connectivity index (χ3v) is 5.86. The van der Waals surface area contributed by atoms with Crippen molar-refractivity contribution in [3.63, 3.8) is 0 Å². The Kier molecular flexibility index (Phi) is 7.18. The van der Waals surface area contributed by atoms with Crippen LogP contribution in [0.25, 0.3) is 11.3 Å². The number of anilines is 1. The zero-order chi connectivity index (χ0) is 25.9. The molecule has 1 heterocycles. The summed E-state index contributed by atoms with van der Waals surface area (Å²) in [5.41, 5.74) is 1.99. The predicted octanol–water partition coefficient (Wildman–Crippen LogP) is 5.64. The summed E-state index contributed by atoms with van der Waals surface area (Å²) in [6, 6.07) is 10.4. The van der Waals surface area contributed by atoms with Gasteiger partial charge in [-0.05, 0) is 61.7 Å². The first-order valence-corrected chi connectivity index (χ1v) is 11.5. The van der Waals surface area contributed by atoms with Crippen molar-refractivity contribution in [3.8, 4) is 22.8 Å². The van der Waals surface area contributed by atoms with E-state index in [2.05, 4.69) is 20.5 Å². The maximum absolute atomic E-state index is 12.6. The molecule has 190 valence electrons. The molecule has 2 amide bonds. The van der Waals surface area contributed by atoms with Crippen molar-refractivity contribution in [1.82, 2.24) is 15.1 Å². The summed E-state index contributed by atoms with van der Waals surface area (Å²) in [6.07, 6.45) is -1.02. The number of aromatic nitrogens is 2. The van der Waals surface area contributed by atoms with E-state index in [1.54, 1.807) is 18.2 Å². The first-order chi connectivity index (χ1) is 17.1. The van der Waals surface area contributed by atoms with Gasteiger partial charge < -0.3 is 20.5 Å². The summed E-state index contributed by atoms with van der Waals surface area (Å²) in [6.45, 7) is 2.48. The molecule has 11 heteroatoms. The number of ether oxygens (including phenoxy) is 1. The summed E-state index contributed by atoms with van der Waals surface area (Å²) in [5, 5.41) is 20.5. The van der Waals surface area contributed by atoms with Crippen molar-refractivity contribution in [1.29, 1.82) is 0 Å². The lowest BCUT2D eigenvalue weighted by atomic mass is 9.82. The number of phenols is 1. The van der Waals surface area contributed by atoms with Gasteiger partial charge in [-0.25, -0.2) is 4.79 Å². The Morgan fingerprint density at radius 3 is 2.44 bits per heavy atom. The lowest BCUT2D eigenvalue weighted by Crippen LogP contribution is -2.32. The number of nitrogens with zero attached hydrogens (tertiary/aromatic N) is 2. The molecule has 0 radical (unpaired) electrons. The number of carbonyl (C=O) groups excluding carboxylic acids is 2. The van der Waals surface area contributed by atoms with Crippen molar-refractivity contribution in [3.05, 3.63) is 59.8 Å². The SMILES string of the molecule is CCCNC(=O)n1nc(-c2ccc(NC(=O)c3ccc(OC(F)(F)F)cc3)cc2O)cc1C1CCC1. The van der Waals surface area contributed by atoms with Crippen LogP contribution in [0.4, 0.5) is 23.7 Å². The molecule has 1 saturated carbocycles. The highest BCUT2D eigenvalue weighted by molar-refractivity contribution is 6.04. The molecular weight excluding hydrogens is 477 g/mol. The minimum atomic E-state index is -4.82. The monoisotopic (exact) mass is 502 g/mol. The fraction of sp³-hybridized carbons (Fsp3) is 0.320. The van der Waals surface area contributed by atoms with Crippen molar-refractivity contribution in [2.75, 3.05) is 11.9 Å². The summed E-state index contributed by atoms with van der Waals surface area (Å²) in [5.74, 6) is -0.942. The first kappa shape index (κ1) is 25.1. The van der Waals surface area contributed by atoms with Gasteiger partial charge in [0.15, 0.2) is 0 Å². The molecule has 0 atom stereocenters. The quantitative estimate of drug-likeness (QED) is 0.388. The van der Waals surface area contributed by atoms with Crippen LogP contribution in [-0.2, 0) is 0 Å². The van der Waals surface area contributed by atoms with Crippen molar-refractivity contribution in [2.45, 2.75) is 44.9 Å². The lowest BCUT2D eigenvalue weighted by molar-refractivity contribution is -0.274. The van der Waals surface area contributed by atoms with Gasteiger partial charge in [0.1, 0.15) is 11.5 Å². The number of carbonyl (C=O) groups is 2. The maximum atomic E-state index is 12.6. The van der Waals surface area contributed by atoms with Gasteiger partial charge in [-0.2, -0.15) is 9.78 Å². The Morgan fingerprint density at radius 1 is 1.14 bits per heavy atom. The molecule has 0 aliphatic heterocycles. The molecule has 3 aromatic rings. The molecule has 8 nitrogen and oxygen atoms in total. The topological polar surface area (TPSA) is 105 Å². The molecule has 2 aromatic carbocycles. The molecule has 0 bridgehead atoms. The zero-order valence-electron chi connectivity index (χ0n) is 19.4. The molecule has 0 saturated heterocycles. The number of hydrogen-bond donors (Lipinski definition) is 3. The van der Waals surface area contributed by atoms with E-state index in [9.17, 15) is 27.9 Å². The fourth-order valence-corrected chi connectivity index (χ4v) is 3.83. The Balaban J connectivity index is 1.50. The van der Waals surface area contributed by atoms with Gasteiger partial charge in [0, 0.05) is 35.3 Å². The largest absolute Gasteiger partial charge is 0.573 e.